The second-order valence-corrected chi connectivity index (χ2v) is 6.64. The van der Waals surface area contributed by atoms with Crippen LogP contribution >= 0.6 is 11.6 Å². The van der Waals surface area contributed by atoms with Gasteiger partial charge in [0.25, 0.3) is 0 Å². The molecule has 1 fully saturated rings. The molecule has 0 bridgehead atoms. The summed E-state index contributed by atoms with van der Waals surface area (Å²) in [4.78, 5) is 38.1. The normalized spacial score (nSPS) is 16.1. The molecular weight excluding hydrogens is 363 g/mol. The number of nitrogens with one attached hydrogen (secondary N) is 1. The largest absolute Gasteiger partial charge is 0.464 e. The van der Waals surface area contributed by atoms with E-state index in [-0.39, 0.29) is 42.4 Å². The van der Waals surface area contributed by atoms with Crippen LogP contribution in [0.5, 0.6) is 0 Å². The number of carbonyl (C=O) groups excluding carboxylic acids is 3. The average molecular weight is 385 g/mol. The Morgan fingerprint density at radius 3 is 2.50 bits per heavy atom. The fraction of sp³-hybridized carbons (Fsp3) is 0.500. The standard InChI is InChI=1S/C18H22ClFN2O4/c1-3-26-17(25)18(7-9-22(10-8-18)12(2)23)21-16(24)11-13-14(19)5-4-6-15(13)20/h4-6H,3,7-11H2,1-2H3,(H,21,24). The number of hydrogen-bond acceptors (Lipinski definition) is 4. The van der Waals surface area contributed by atoms with Gasteiger partial charge in [0, 0.05) is 30.6 Å². The van der Waals surface area contributed by atoms with Crippen molar-refractivity contribution in [1.29, 1.82) is 0 Å². The maximum atomic E-state index is 13.9. The fourth-order valence-electron chi connectivity index (χ4n) is 3.03. The average Bonchev–Trinajstić information content (AvgIpc) is 2.59. The number of hydrogen-bond donors (Lipinski definition) is 1. The Labute approximate surface area is 156 Å². The highest BCUT2D eigenvalue weighted by molar-refractivity contribution is 6.31. The zero-order valence-corrected chi connectivity index (χ0v) is 15.6. The summed E-state index contributed by atoms with van der Waals surface area (Å²) in [5.41, 5.74) is -1.15. The van der Waals surface area contributed by atoms with E-state index in [1.165, 1.54) is 25.1 Å². The van der Waals surface area contributed by atoms with Crippen LogP contribution in [0.15, 0.2) is 18.2 Å². The van der Waals surface area contributed by atoms with E-state index < -0.39 is 23.2 Å². The fourth-order valence-corrected chi connectivity index (χ4v) is 3.26. The van der Waals surface area contributed by atoms with Crippen LogP contribution < -0.4 is 5.32 Å². The van der Waals surface area contributed by atoms with Gasteiger partial charge in [-0.15, -0.1) is 0 Å². The second kappa shape index (κ2) is 8.49. The van der Waals surface area contributed by atoms with Crippen LogP contribution in [0.4, 0.5) is 4.39 Å². The maximum absolute atomic E-state index is 13.9. The Kier molecular flexibility index (Phi) is 6.58. The molecule has 0 aromatic heterocycles. The molecule has 2 amide bonds. The number of nitrogens with zero attached hydrogens (tertiary/aromatic N) is 1. The SMILES string of the molecule is CCOC(=O)C1(NC(=O)Cc2c(F)cccc2Cl)CCN(C(C)=O)CC1. The summed E-state index contributed by atoms with van der Waals surface area (Å²) in [6.45, 7) is 3.96. The van der Waals surface area contributed by atoms with Crippen molar-refractivity contribution in [2.45, 2.75) is 38.6 Å². The van der Waals surface area contributed by atoms with Crippen LogP contribution in [0.1, 0.15) is 32.3 Å². The maximum Gasteiger partial charge on any atom is 0.331 e. The summed E-state index contributed by atoms with van der Waals surface area (Å²) in [5.74, 6) is -1.74. The minimum absolute atomic E-state index is 0.0758. The lowest BCUT2D eigenvalue weighted by Gasteiger charge is -2.40. The molecule has 1 heterocycles. The monoisotopic (exact) mass is 384 g/mol. The van der Waals surface area contributed by atoms with Gasteiger partial charge < -0.3 is 15.0 Å². The molecule has 1 N–H and O–H groups in total. The van der Waals surface area contributed by atoms with Crippen LogP contribution in [0.3, 0.4) is 0 Å². The van der Waals surface area contributed by atoms with Gasteiger partial charge >= 0.3 is 5.97 Å². The van der Waals surface area contributed by atoms with Crippen molar-refractivity contribution >= 4 is 29.4 Å². The number of carbonyl (C=O) groups is 3. The first kappa shape index (κ1) is 20.2. The molecule has 1 aliphatic rings. The Morgan fingerprint density at radius 2 is 1.96 bits per heavy atom. The zero-order chi connectivity index (χ0) is 19.3. The highest BCUT2D eigenvalue weighted by atomic mass is 35.5. The highest BCUT2D eigenvalue weighted by Crippen LogP contribution is 2.25. The minimum Gasteiger partial charge on any atom is -0.464 e. The Hall–Kier alpha value is -2.15. The lowest BCUT2D eigenvalue weighted by molar-refractivity contribution is -0.157. The molecule has 0 radical (unpaired) electrons. The molecule has 1 aromatic carbocycles. The van der Waals surface area contributed by atoms with Crippen molar-refractivity contribution in [3.05, 3.63) is 34.6 Å². The van der Waals surface area contributed by atoms with Gasteiger partial charge in [-0.2, -0.15) is 0 Å². The summed E-state index contributed by atoms with van der Waals surface area (Å²) in [6.07, 6.45) is 0.188. The van der Waals surface area contributed by atoms with Gasteiger partial charge in [0.2, 0.25) is 11.8 Å². The molecule has 8 heteroatoms. The van der Waals surface area contributed by atoms with E-state index in [1.807, 2.05) is 0 Å². The summed E-state index contributed by atoms with van der Waals surface area (Å²) < 4.78 is 19.0. The van der Waals surface area contributed by atoms with Crippen molar-refractivity contribution in [1.82, 2.24) is 10.2 Å². The first-order chi connectivity index (χ1) is 12.3. The van der Waals surface area contributed by atoms with Gasteiger partial charge in [0.05, 0.1) is 13.0 Å². The Balaban J connectivity index is 2.15. The number of halogens is 2. The van der Waals surface area contributed by atoms with Crippen LogP contribution in [0, 0.1) is 5.82 Å². The van der Waals surface area contributed by atoms with Crippen molar-refractivity contribution in [2.24, 2.45) is 0 Å². The second-order valence-electron chi connectivity index (χ2n) is 6.23. The first-order valence-electron chi connectivity index (χ1n) is 8.45. The van der Waals surface area contributed by atoms with E-state index in [4.69, 9.17) is 16.3 Å². The number of benzene rings is 1. The quantitative estimate of drug-likeness (QED) is 0.789. The van der Waals surface area contributed by atoms with Gasteiger partial charge in [-0.05, 0) is 31.9 Å². The van der Waals surface area contributed by atoms with Gasteiger partial charge in [-0.3, -0.25) is 9.59 Å². The van der Waals surface area contributed by atoms with Crippen molar-refractivity contribution < 1.29 is 23.5 Å². The molecule has 0 unspecified atom stereocenters. The van der Waals surface area contributed by atoms with E-state index in [2.05, 4.69) is 5.32 Å². The minimum atomic E-state index is -1.23. The van der Waals surface area contributed by atoms with E-state index >= 15 is 0 Å². The summed E-state index contributed by atoms with van der Waals surface area (Å²) in [5, 5.41) is 2.85. The number of esters is 1. The molecular formula is C18H22ClFN2O4. The number of amides is 2. The Morgan fingerprint density at radius 1 is 1.31 bits per heavy atom. The molecule has 26 heavy (non-hydrogen) atoms. The van der Waals surface area contributed by atoms with Crippen LogP contribution in [-0.4, -0.2) is 47.9 Å². The van der Waals surface area contributed by atoms with E-state index in [0.29, 0.717) is 13.1 Å². The van der Waals surface area contributed by atoms with Gasteiger partial charge in [0.1, 0.15) is 11.4 Å². The molecule has 0 aliphatic carbocycles. The van der Waals surface area contributed by atoms with Crippen molar-refractivity contribution in [2.75, 3.05) is 19.7 Å². The third-order valence-corrected chi connectivity index (χ3v) is 4.86. The van der Waals surface area contributed by atoms with Crippen molar-refractivity contribution in [3.63, 3.8) is 0 Å². The molecule has 0 spiro atoms. The summed E-state index contributed by atoms with van der Waals surface area (Å²) in [7, 11) is 0. The van der Waals surface area contributed by atoms with E-state index in [0.717, 1.165) is 0 Å². The predicted octanol–water partition coefficient (Wildman–Crippen LogP) is 2.08. The van der Waals surface area contributed by atoms with Gasteiger partial charge in [0.15, 0.2) is 0 Å². The molecule has 0 saturated carbocycles. The van der Waals surface area contributed by atoms with Crippen LogP contribution in [0.2, 0.25) is 5.02 Å². The number of piperidine rings is 1. The van der Waals surface area contributed by atoms with Crippen LogP contribution in [0.25, 0.3) is 0 Å². The predicted molar refractivity (Wildman–Crippen MR) is 94.1 cm³/mol. The third kappa shape index (κ3) is 4.52. The topological polar surface area (TPSA) is 75.7 Å². The van der Waals surface area contributed by atoms with Gasteiger partial charge in [-0.1, -0.05) is 17.7 Å². The molecule has 6 nitrogen and oxygen atoms in total. The molecule has 1 aromatic rings. The lowest BCUT2D eigenvalue weighted by atomic mass is 9.87. The molecule has 1 saturated heterocycles. The first-order valence-corrected chi connectivity index (χ1v) is 8.83. The van der Waals surface area contributed by atoms with Gasteiger partial charge in [-0.25, -0.2) is 9.18 Å². The van der Waals surface area contributed by atoms with E-state index in [9.17, 15) is 18.8 Å². The van der Waals surface area contributed by atoms with Crippen LogP contribution in [-0.2, 0) is 25.5 Å². The summed E-state index contributed by atoms with van der Waals surface area (Å²) >= 11 is 5.96. The molecule has 142 valence electrons. The van der Waals surface area contributed by atoms with Crippen molar-refractivity contribution in [3.8, 4) is 0 Å². The smallest absolute Gasteiger partial charge is 0.331 e. The number of likely N-dealkylation sites (tertiary alicyclic amines) is 1. The zero-order valence-electron chi connectivity index (χ0n) is 14.8. The third-order valence-electron chi connectivity index (χ3n) is 4.51. The molecule has 2 rings (SSSR count). The molecule has 0 atom stereocenters. The molecule has 1 aliphatic heterocycles. The number of rotatable bonds is 5. The summed E-state index contributed by atoms with van der Waals surface area (Å²) in [6, 6.07) is 4.18. The Bertz CT molecular complexity index is 682. The lowest BCUT2D eigenvalue weighted by Crippen LogP contribution is -2.61. The number of ether oxygens (including phenoxy) is 1. The van der Waals surface area contributed by atoms with E-state index in [1.54, 1.807) is 11.8 Å². The highest BCUT2D eigenvalue weighted by Gasteiger charge is 2.44.